The lowest BCUT2D eigenvalue weighted by Crippen LogP contribution is -2.41. The maximum atomic E-state index is 12.7. The monoisotopic (exact) mass is 382 g/mol. The van der Waals surface area contributed by atoms with Crippen molar-refractivity contribution >= 4 is 37.3 Å². The third-order valence-corrected chi connectivity index (χ3v) is 7.55. The van der Waals surface area contributed by atoms with Crippen LogP contribution in [0.1, 0.15) is 17.7 Å². The van der Waals surface area contributed by atoms with Gasteiger partial charge in [0.2, 0.25) is 10.0 Å². The molecule has 2 heterocycles. The summed E-state index contributed by atoms with van der Waals surface area (Å²) in [7, 11) is -1.80. The van der Waals surface area contributed by atoms with Crippen LogP contribution >= 0.6 is 27.3 Å². The molecule has 0 aliphatic carbocycles. The molecule has 0 amide bonds. The Labute approximate surface area is 132 Å². The molecule has 1 aromatic heterocycles. The Bertz CT molecular complexity index is 557. The van der Waals surface area contributed by atoms with Gasteiger partial charge in [-0.2, -0.15) is 4.31 Å². The van der Waals surface area contributed by atoms with E-state index in [0.717, 1.165) is 17.7 Å². The second-order valence-corrected chi connectivity index (χ2v) is 9.24. The number of nitrogens with two attached hydrogens (primary N) is 1. The molecular weight excluding hydrogens is 364 g/mol. The Hall–Kier alpha value is 0.01000. The Balaban J connectivity index is 2.22. The van der Waals surface area contributed by atoms with Crippen molar-refractivity contribution in [1.82, 2.24) is 4.31 Å². The van der Waals surface area contributed by atoms with Gasteiger partial charge in [-0.15, -0.1) is 11.3 Å². The van der Waals surface area contributed by atoms with Crippen molar-refractivity contribution in [1.29, 1.82) is 0 Å². The molecule has 1 saturated heterocycles. The van der Waals surface area contributed by atoms with E-state index in [2.05, 4.69) is 15.9 Å². The zero-order valence-corrected chi connectivity index (χ0v) is 14.6. The highest BCUT2D eigenvalue weighted by atomic mass is 79.9. The molecule has 2 N–H and O–H groups in total. The van der Waals surface area contributed by atoms with E-state index in [1.165, 1.54) is 11.3 Å². The van der Waals surface area contributed by atoms with Crippen LogP contribution < -0.4 is 5.73 Å². The predicted molar refractivity (Wildman–Crippen MR) is 83.3 cm³/mol. The van der Waals surface area contributed by atoms with Gasteiger partial charge in [0.05, 0.1) is 10.4 Å². The fraction of sp³-hybridized carbons (Fsp3) is 0.667. The van der Waals surface area contributed by atoms with E-state index in [1.807, 2.05) is 0 Å². The van der Waals surface area contributed by atoms with Crippen molar-refractivity contribution in [3.05, 3.63) is 14.7 Å². The van der Waals surface area contributed by atoms with Gasteiger partial charge in [0.1, 0.15) is 4.90 Å². The molecule has 20 heavy (non-hydrogen) atoms. The minimum atomic E-state index is -3.45. The number of thiophene rings is 1. The van der Waals surface area contributed by atoms with Crippen LogP contribution in [-0.2, 0) is 21.3 Å². The Morgan fingerprint density at radius 1 is 1.60 bits per heavy atom. The SMILES string of the molecule is COCC1CCCN(S(=O)(=O)c2cc(CN)sc2Br)C1. The Kier molecular flexibility index (Phi) is 5.61. The second-order valence-electron chi connectivity index (χ2n) is 4.88. The molecule has 0 bridgehead atoms. The summed E-state index contributed by atoms with van der Waals surface area (Å²) in [5.41, 5.74) is 5.58. The molecular formula is C12H19BrN2O3S2. The lowest BCUT2D eigenvalue weighted by molar-refractivity contribution is 0.118. The highest BCUT2D eigenvalue weighted by molar-refractivity contribution is 9.11. The largest absolute Gasteiger partial charge is 0.384 e. The van der Waals surface area contributed by atoms with Crippen LogP contribution in [0.15, 0.2) is 14.7 Å². The van der Waals surface area contributed by atoms with E-state index in [0.29, 0.717) is 34.9 Å². The van der Waals surface area contributed by atoms with Gasteiger partial charge in [-0.1, -0.05) is 0 Å². The van der Waals surface area contributed by atoms with Gasteiger partial charge in [-0.3, -0.25) is 0 Å². The number of hydrogen-bond donors (Lipinski definition) is 1. The number of rotatable bonds is 5. The lowest BCUT2D eigenvalue weighted by atomic mass is 10.0. The second kappa shape index (κ2) is 6.85. The first-order valence-electron chi connectivity index (χ1n) is 6.46. The number of ether oxygens (including phenoxy) is 1. The average molecular weight is 383 g/mol. The van der Waals surface area contributed by atoms with Crippen LogP contribution in [0.4, 0.5) is 0 Å². The van der Waals surface area contributed by atoms with Crippen molar-refractivity contribution in [2.24, 2.45) is 11.7 Å². The third kappa shape index (κ3) is 3.42. The van der Waals surface area contributed by atoms with Crippen molar-refractivity contribution in [3.63, 3.8) is 0 Å². The molecule has 0 saturated carbocycles. The van der Waals surface area contributed by atoms with Gasteiger partial charge < -0.3 is 10.5 Å². The van der Waals surface area contributed by atoms with E-state index < -0.39 is 10.0 Å². The van der Waals surface area contributed by atoms with E-state index >= 15 is 0 Å². The fourth-order valence-corrected chi connectivity index (χ4v) is 6.50. The number of nitrogens with zero attached hydrogens (tertiary/aromatic N) is 1. The summed E-state index contributed by atoms with van der Waals surface area (Å²) in [5, 5.41) is 0. The quantitative estimate of drug-likeness (QED) is 0.845. The zero-order valence-electron chi connectivity index (χ0n) is 11.3. The minimum Gasteiger partial charge on any atom is -0.384 e. The summed E-state index contributed by atoms with van der Waals surface area (Å²) in [6.45, 7) is 2.05. The number of methoxy groups -OCH3 is 1. The maximum absolute atomic E-state index is 12.7. The first-order chi connectivity index (χ1) is 9.48. The summed E-state index contributed by atoms with van der Waals surface area (Å²) >= 11 is 4.72. The maximum Gasteiger partial charge on any atom is 0.245 e. The molecule has 1 fully saturated rings. The van der Waals surface area contributed by atoms with Crippen LogP contribution in [0, 0.1) is 5.92 Å². The standard InChI is InChI=1S/C12H19BrN2O3S2/c1-18-8-9-3-2-4-15(7-9)20(16,17)11-5-10(6-14)19-12(11)13/h5,9H,2-4,6-8,14H2,1H3. The first-order valence-corrected chi connectivity index (χ1v) is 9.51. The number of sulfonamides is 1. The molecule has 1 atom stereocenters. The van der Waals surface area contributed by atoms with Gasteiger partial charge in [0, 0.05) is 31.6 Å². The Morgan fingerprint density at radius 3 is 2.95 bits per heavy atom. The van der Waals surface area contributed by atoms with Gasteiger partial charge in [0.25, 0.3) is 0 Å². The van der Waals surface area contributed by atoms with E-state index in [4.69, 9.17) is 10.5 Å². The minimum absolute atomic E-state index is 0.273. The highest BCUT2D eigenvalue weighted by Gasteiger charge is 2.32. The predicted octanol–water partition coefficient (Wildman–Crippen LogP) is 2.02. The first kappa shape index (κ1) is 16.4. The topological polar surface area (TPSA) is 72.6 Å². The molecule has 8 heteroatoms. The molecule has 2 rings (SSSR count). The average Bonchev–Trinajstić information content (AvgIpc) is 2.81. The van der Waals surface area contributed by atoms with Crippen molar-refractivity contribution < 1.29 is 13.2 Å². The van der Waals surface area contributed by atoms with Crippen molar-refractivity contribution in [3.8, 4) is 0 Å². The van der Waals surface area contributed by atoms with Crippen LogP contribution in [-0.4, -0.2) is 39.5 Å². The molecule has 0 spiro atoms. The molecule has 0 aromatic carbocycles. The smallest absolute Gasteiger partial charge is 0.245 e. The molecule has 1 aliphatic heterocycles. The summed E-state index contributed by atoms with van der Waals surface area (Å²) < 4.78 is 32.8. The molecule has 1 aromatic rings. The van der Waals surface area contributed by atoms with Gasteiger partial charge in [-0.05, 0) is 40.8 Å². The van der Waals surface area contributed by atoms with Crippen LogP contribution in [0.5, 0.6) is 0 Å². The van der Waals surface area contributed by atoms with Crippen LogP contribution in [0.25, 0.3) is 0 Å². The molecule has 1 aliphatic rings. The summed E-state index contributed by atoms with van der Waals surface area (Å²) in [6.07, 6.45) is 1.89. The summed E-state index contributed by atoms with van der Waals surface area (Å²) in [4.78, 5) is 1.20. The van der Waals surface area contributed by atoms with Crippen molar-refractivity contribution in [2.45, 2.75) is 24.3 Å². The van der Waals surface area contributed by atoms with Gasteiger partial charge in [-0.25, -0.2) is 8.42 Å². The van der Waals surface area contributed by atoms with Crippen LogP contribution in [0.2, 0.25) is 0 Å². The van der Waals surface area contributed by atoms with E-state index in [9.17, 15) is 8.42 Å². The molecule has 0 radical (unpaired) electrons. The number of hydrogen-bond acceptors (Lipinski definition) is 5. The van der Waals surface area contributed by atoms with Crippen LogP contribution in [0.3, 0.4) is 0 Å². The third-order valence-electron chi connectivity index (χ3n) is 3.41. The van der Waals surface area contributed by atoms with Gasteiger partial charge >= 0.3 is 0 Å². The highest BCUT2D eigenvalue weighted by Crippen LogP contribution is 2.34. The number of halogens is 1. The van der Waals surface area contributed by atoms with E-state index in [-0.39, 0.29) is 5.92 Å². The summed E-state index contributed by atoms with van der Waals surface area (Å²) in [5.74, 6) is 0.273. The normalized spacial score (nSPS) is 21.2. The molecule has 5 nitrogen and oxygen atoms in total. The number of piperidine rings is 1. The Morgan fingerprint density at radius 2 is 2.35 bits per heavy atom. The fourth-order valence-electron chi connectivity index (χ4n) is 2.43. The molecule has 114 valence electrons. The zero-order chi connectivity index (χ0) is 14.8. The van der Waals surface area contributed by atoms with Gasteiger partial charge in [0.15, 0.2) is 0 Å². The van der Waals surface area contributed by atoms with Crippen molar-refractivity contribution in [2.75, 3.05) is 26.8 Å². The lowest BCUT2D eigenvalue weighted by Gasteiger charge is -2.31. The summed E-state index contributed by atoms with van der Waals surface area (Å²) in [6, 6.07) is 1.67. The van der Waals surface area contributed by atoms with E-state index in [1.54, 1.807) is 17.5 Å². The molecule has 1 unspecified atom stereocenters.